The maximum absolute atomic E-state index is 10.7. The number of carbonyl (C=O) groups excluding carboxylic acids is 1. The fraction of sp³-hybridized carbons (Fsp3) is 0.0526. The topological polar surface area (TPSA) is 76.7 Å². The first-order valence-electron chi connectivity index (χ1n) is 7.61. The molecule has 0 saturated carbocycles. The molecule has 126 valence electrons. The van der Waals surface area contributed by atoms with Crippen LogP contribution in [0.15, 0.2) is 70.2 Å². The van der Waals surface area contributed by atoms with Crippen LogP contribution in [0.25, 0.3) is 10.8 Å². The SMILES string of the molecule is NC(=O)N/N=C\c1cc(Br)ccc1OCc1cccc2ccccc12. The van der Waals surface area contributed by atoms with Gasteiger partial charge in [-0.1, -0.05) is 58.4 Å². The fourth-order valence-corrected chi connectivity index (χ4v) is 2.87. The zero-order valence-corrected chi connectivity index (χ0v) is 14.9. The smallest absolute Gasteiger partial charge is 0.332 e. The summed E-state index contributed by atoms with van der Waals surface area (Å²) in [4.78, 5) is 10.7. The van der Waals surface area contributed by atoms with E-state index in [-0.39, 0.29) is 0 Å². The third-order valence-electron chi connectivity index (χ3n) is 3.61. The zero-order chi connectivity index (χ0) is 17.6. The molecule has 6 heteroatoms. The summed E-state index contributed by atoms with van der Waals surface area (Å²) in [5, 5.41) is 6.13. The molecule has 0 heterocycles. The molecule has 25 heavy (non-hydrogen) atoms. The molecule has 0 fully saturated rings. The summed E-state index contributed by atoms with van der Waals surface area (Å²) in [5.74, 6) is 0.658. The molecular formula is C19H16BrN3O2. The van der Waals surface area contributed by atoms with Gasteiger partial charge in [-0.3, -0.25) is 0 Å². The Labute approximate surface area is 153 Å². The summed E-state index contributed by atoms with van der Waals surface area (Å²) in [6.45, 7) is 0.424. The number of halogens is 1. The number of benzene rings is 3. The average molecular weight is 398 g/mol. The maximum Gasteiger partial charge on any atom is 0.332 e. The van der Waals surface area contributed by atoms with E-state index in [1.807, 2.05) is 42.5 Å². The number of nitrogens with zero attached hydrogens (tertiary/aromatic N) is 1. The maximum atomic E-state index is 10.7. The minimum Gasteiger partial charge on any atom is -0.488 e. The Morgan fingerprint density at radius 1 is 1.16 bits per heavy atom. The number of nitrogens with two attached hydrogens (primary N) is 1. The average Bonchev–Trinajstić information content (AvgIpc) is 2.61. The predicted octanol–water partition coefficient (Wildman–Crippen LogP) is 4.18. The van der Waals surface area contributed by atoms with Crippen LogP contribution < -0.4 is 15.9 Å². The fourth-order valence-electron chi connectivity index (χ4n) is 2.49. The van der Waals surface area contributed by atoms with Crippen LogP contribution in [0, 0.1) is 0 Å². The monoisotopic (exact) mass is 397 g/mol. The molecule has 3 rings (SSSR count). The lowest BCUT2D eigenvalue weighted by atomic mass is 10.1. The summed E-state index contributed by atoms with van der Waals surface area (Å²) >= 11 is 3.42. The van der Waals surface area contributed by atoms with Crippen LogP contribution in [0.5, 0.6) is 5.75 Å². The van der Waals surface area contributed by atoms with Crippen LogP contribution in [0.2, 0.25) is 0 Å². The number of hydrogen-bond donors (Lipinski definition) is 2. The van der Waals surface area contributed by atoms with E-state index >= 15 is 0 Å². The van der Waals surface area contributed by atoms with Gasteiger partial charge in [-0.05, 0) is 34.5 Å². The number of hydrazone groups is 1. The molecule has 0 saturated heterocycles. The molecule has 0 aliphatic heterocycles. The largest absolute Gasteiger partial charge is 0.488 e. The van der Waals surface area contributed by atoms with Crippen LogP contribution in [-0.2, 0) is 6.61 Å². The molecule has 3 aromatic carbocycles. The van der Waals surface area contributed by atoms with E-state index in [9.17, 15) is 4.79 Å². The normalized spacial score (nSPS) is 10.9. The second-order valence-electron chi connectivity index (χ2n) is 5.34. The summed E-state index contributed by atoms with van der Waals surface area (Å²) in [6.07, 6.45) is 1.49. The van der Waals surface area contributed by atoms with Gasteiger partial charge in [-0.15, -0.1) is 0 Å². The molecule has 0 spiro atoms. The summed E-state index contributed by atoms with van der Waals surface area (Å²) in [7, 11) is 0. The van der Waals surface area contributed by atoms with Gasteiger partial charge in [0.15, 0.2) is 0 Å². The van der Waals surface area contributed by atoms with E-state index in [0.717, 1.165) is 21.0 Å². The standard InChI is InChI=1S/C19H16BrN3O2/c20-16-8-9-18(15(10-16)11-22-23-19(21)24)25-12-14-6-3-5-13-4-1-2-7-17(13)14/h1-11H,12H2,(H3,21,23,24)/b22-11-. The van der Waals surface area contributed by atoms with Crippen molar-refractivity contribution in [3.05, 3.63) is 76.3 Å². The van der Waals surface area contributed by atoms with Gasteiger partial charge in [0.25, 0.3) is 0 Å². The molecule has 5 nitrogen and oxygen atoms in total. The van der Waals surface area contributed by atoms with Crippen LogP contribution in [0.1, 0.15) is 11.1 Å². The molecule has 0 bridgehead atoms. The molecule has 0 aromatic heterocycles. The second kappa shape index (κ2) is 7.81. The highest BCUT2D eigenvalue weighted by atomic mass is 79.9. The quantitative estimate of drug-likeness (QED) is 0.500. The number of urea groups is 1. The van der Waals surface area contributed by atoms with Gasteiger partial charge in [-0.25, -0.2) is 10.2 Å². The van der Waals surface area contributed by atoms with Gasteiger partial charge >= 0.3 is 6.03 Å². The van der Waals surface area contributed by atoms with Crippen molar-refractivity contribution >= 4 is 38.9 Å². The first-order valence-corrected chi connectivity index (χ1v) is 8.40. The van der Waals surface area contributed by atoms with Crippen molar-refractivity contribution in [2.45, 2.75) is 6.61 Å². The van der Waals surface area contributed by atoms with E-state index in [2.05, 4.69) is 44.7 Å². The van der Waals surface area contributed by atoms with Gasteiger partial charge in [-0.2, -0.15) is 5.10 Å². The van der Waals surface area contributed by atoms with E-state index < -0.39 is 6.03 Å². The number of fused-ring (bicyclic) bond motifs is 1. The van der Waals surface area contributed by atoms with E-state index in [0.29, 0.717) is 12.4 Å². The Hall–Kier alpha value is -2.86. The van der Waals surface area contributed by atoms with Gasteiger partial charge in [0.05, 0.1) is 6.21 Å². The highest BCUT2D eigenvalue weighted by Gasteiger charge is 2.06. The van der Waals surface area contributed by atoms with Crippen molar-refractivity contribution in [1.29, 1.82) is 0 Å². The highest BCUT2D eigenvalue weighted by molar-refractivity contribution is 9.10. The highest BCUT2D eigenvalue weighted by Crippen LogP contribution is 2.25. The van der Waals surface area contributed by atoms with Crippen molar-refractivity contribution in [2.24, 2.45) is 10.8 Å². The van der Waals surface area contributed by atoms with E-state index in [4.69, 9.17) is 10.5 Å². The lowest BCUT2D eigenvalue weighted by Gasteiger charge is -2.11. The second-order valence-corrected chi connectivity index (χ2v) is 6.26. The van der Waals surface area contributed by atoms with Crippen molar-refractivity contribution in [1.82, 2.24) is 5.43 Å². The molecule has 0 radical (unpaired) electrons. The molecule has 3 aromatic rings. The molecular weight excluding hydrogens is 382 g/mol. The number of hydrogen-bond acceptors (Lipinski definition) is 3. The van der Waals surface area contributed by atoms with Crippen LogP contribution in [0.3, 0.4) is 0 Å². The number of rotatable bonds is 5. The minimum absolute atomic E-state index is 0.424. The number of primary amides is 1. The van der Waals surface area contributed by atoms with Crippen LogP contribution >= 0.6 is 15.9 Å². The Balaban J connectivity index is 1.83. The van der Waals surface area contributed by atoms with Crippen molar-refractivity contribution < 1.29 is 9.53 Å². The van der Waals surface area contributed by atoms with Crippen molar-refractivity contribution in [3.63, 3.8) is 0 Å². The summed E-state index contributed by atoms with van der Waals surface area (Å²) in [6, 6.07) is 19.2. The molecule has 3 N–H and O–H groups in total. The lowest BCUT2D eigenvalue weighted by molar-refractivity contribution is 0.249. The summed E-state index contributed by atoms with van der Waals surface area (Å²) < 4.78 is 6.87. The van der Waals surface area contributed by atoms with Gasteiger partial charge in [0, 0.05) is 10.0 Å². The molecule has 0 aliphatic rings. The van der Waals surface area contributed by atoms with Crippen molar-refractivity contribution in [2.75, 3.05) is 0 Å². The van der Waals surface area contributed by atoms with Gasteiger partial charge in [0.1, 0.15) is 12.4 Å². The number of amides is 2. The number of ether oxygens (including phenoxy) is 1. The minimum atomic E-state index is -0.718. The van der Waals surface area contributed by atoms with Gasteiger partial charge < -0.3 is 10.5 Å². The third-order valence-corrected chi connectivity index (χ3v) is 4.11. The Bertz CT molecular complexity index is 936. The molecule has 0 aliphatic carbocycles. The first-order chi connectivity index (χ1) is 12.1. The number of nitrogens with one attached hydrogen (secondary N) is 1. The molecule has 0 atom stereocenters. The molecule has 2 amide bonds. The van der Waals surface area contributed by atoms with Crippen LogP contribution in [-0.4, -0.2) is 12.2 Å². The predicted molar refractivity (Wildman–Crippen MR) is 103 cm³/mol. The third kappa shape index (κ3) is 4.36. The van der Waals surface area contributed by atoms with Gasteiger partial charge in [0.2, 0.25) is 0 Å². The van der Waals surface area contributed by atoms with Crippen LogP contribution in [0.4, 0.5) is 4.79 Å². The van der Waals surface area contributed by atoms with E-state index in [1.165, 1.54) is 11.6 Å². The Kier molecular flexibility index (Phi) is 5.30. The van der Waals surface area contributed by atoms with Crippen molar-refractivity contribution in [3.8, 4) is 5.75 Å². The first kappa shape index (κ1) is 17.0. The molecule has 0 unspecified atom stereocenters. The Morgan fingerprint density at radius 2 is 1.96 bits per heavy atom. The summed E-state index contributed by atoms with van der Waals surface area (Å²) in [5.41, 5.74) is 9.01. The zero-order valence-electron chi connectivity index (χ0n) is 13.3. The lowest BCUT2D eigenvalue weighted by Crippen LogP contribution is -2.24. The Morgan fingerprint density at radius 3 is 2.80 bits per heavy atom. The van der Waals surface area contributed by atoms with E-state index in [1.54, 1.807) is 0 Å². The number of carbonyl (C=O) groups is 1.